The molecule has 1 atom stereocenters. The number of amides is 1. The Morgan fingerprint density at radius 2 is 1.88 bits per heavy atom. The zero-order chi connectivity index (χ0) is 17.1. The smallest absolute Gasteiger partial charge is 0.339 e. The Balaban J connectivity index is 1.60. The van der Waals surface area contributed by atoms with Crippen molar-refractivity contribution in [2.75, 3.05) is 13.8 Å². The summed E-state index contributed by atoms with van der Waals surface area (Å²) in [5.74, 6) is 0.428. The third kappa shape index (κ3) is 3.47. The van der Waals surface area contributed by atoms with Crippen molar-refractivity contribution in [3.63, 3.8) is 0 Å². The summed E-state index contributed by atoms with van der Waals surface area (Å²) in [6, 6.07) is 5.10. The SMILES string of the molecule is C[C@H](OC(=O)c1ccc2c(c1)OCO2)C(=O)N(C)C1CCCCC1. The summed E-state index contributed by atoms with van der Waals surface area (Å²) in [6.45, 7) is 1.77. The van der Waals surface area contributed by atoms with Gasteiger partial charge in [-0.3, -0.25) is 4.79 Å². The standard InChI is InChI=1S/C18H23NO5/c1-12(17(20)19(2)14-6-4-3-5-7-14)24-18(21)13-8-9-15-16(10-13)23-11-22-15/h8-10,12,14H,3-7,11H2,1-2H3/t12-/m0/s1. The van der Waals surface area contributed by atoms with Gasteiger partial charge in [-0.15, -0.1) is 0 Å². The molecule has 1 amide bonds. The summed E-state index contributed by atoms with van der Waals surface area (Å²) >= 11 is 0. The van der Waals surface area contributed by atoms with Crippen LogP contribution in [0.15, 0.2) is 18.2 Å². The monoisotopic (exact) mass is 333 g/mol. The minimum absolute atomic E-state index is 0.148. The van der Waals surface area contributed by atoms with E-state index in [1.807, 2.05) is 0 Å². The van der Waals surface area contributed by atoms with Gasteiger partial charge in [0.2, 0.25) is 6.79 Å². The molecule has 24 heavy (non-hydrogen) atoms. The maximum Gasteiger partial charge on any atom is 0.339 e. The predicted octanol–water partition coefficient (Wildman–Crippen LogP) is 2.75. The van der Waals surface area contributed by atoms with Gasteiger partial charge in [0.25, 0.3) is 5.91 Å². The summed E-state index contributed by atoms with van der Waals surface area (Å²) in [4.78, 5) is 26.5. The van der Waals surface area contributed by atoms with Crippen molar-refractivity contribution in [1.29, 1.82) is 0 Å². The third-order valence-corrected chi connectivity index (χ3v) is 4.71. The van der Waals surface area contributed by atoms with Crippen LogP contribution in [0.1, 0.15) is 49.4 Å². The topological polar surface area (TPSA) is 65.1 Å². The fourth-order valence-corrected chi connectivity index (χ4v) is 3.24. The molecule has 1 heterocycles. The van der Waals surface area contributed by atoms with Gasteiger partial charge in [0.15, 0.2) is 17.6 Å². The van der Waals surface area contributed by atoms with Crippen molar-refractivity contribution in [3.05, 3.63) is 23.8 Å². The molecular formula is C18H23NO5. The lowest BCUT2D eigenvalue weighted by molar-refractivity contribution is -0.141. The molecule has 1 aliphatic heterocycles. The van der Waals surface area contributed by atoms with E-state index in [0.717, 1.165) is 25.7 Å². The molecule has 130 valence electrons. The predicted molar refractivity (Wildman–Crippen MR) is 87.1 cm³/mol. The number of hydrogen-bond donors (Lipinski definition) is 0. The van der Waals surface area contributed by atoms with Gasteiger partial charge in [-0.05, 0) is 38.0 Å². The van der Waals surface area contributed by atoms with Crippen molar-refractivity contribution in [2.45, 2.75) is 51.2 Å². The first kappa shape index (κ1) is 16.6. The molecule has 2 aliphatic rings. The number of nitrogens with zero attached hydrogens (tertiary/aromatic N) is 1. The number of benzene rings is 1. The molecule has 0 aromatic heterocycles. The van der Waals surface area contributed by atoms with E-state index in [1.54, 1.807) is 37.1 Å². The summed E-state index contributed by atoms with van der Waals surface area (Å²) in [5, 5.41) is 0. The second-order valence-corrected chi connectivity index (χ2v) is 6.36. The van der Waals surface area contributed by atoms with Gasteiger partial charge in [-0.2, -0.15) is 0 Å². The first-order chi connectivity index (χ1) is 11.6. The number of rotatable bonds is 4. The minimum Gasteiger partial charge on any atom is -0.454 e. The Morgan fingerprint density at radius 1 is 1.17 bits per heavy atom. The van der Waals surface area contributed by atoms with Gasteiger partial charge in [0.05, 0.1) is 5.56 Å². The summed E-state index contributed by atoms with van der Waals surface area (Å²) in [5.41, 5.74) is 0.346. The molecule has 1 aromatic carbocycles. The fraction of sp³-hybridized carbons (Fsp3) is 0.556. The molecule has 0 spiro atoms. The maximum absolute atomic E-state index is 12.5. The van der Waals surface area contributed by atoms with E-state index < -0.39 is 12.1 Å². The highest BCUT2D eigenvalue weighted by Gasteiger charge is 2.28. The lowest BCUT2D eigenvalue weighted by Gasteiger charge is -2.32. The van der Waals surface area contributed by atoms with E-state index in [-0.39, 0.29) is 18.7 Å². The normalized spacial score (nSPS) is 18.1. The van der Waals surface area contributed by atoms with Gasteiger partial charge in [0, 0.05) is 13.1 Å². The summed E-state index contributed by atoms with van der Waals surface area (Å²) in [7, 11) is 1.79. The number of likely N-dealkylation sites (N-methyl/N-ethyl adjacent to an activating group) is 1. The van der Waals surface area contributed by atoms with Crippen LogP contribution in [0.25, 0.3) is 0 Å². The molecule has 6 heteroatoms. The molecule has 1 aromatic rings. The second-order valence-electron chi connectivity index (χ2n) is 6.36. The number of carbonyl (C=O) groups excluding carboxylic acids is 2. The number of fused-ring (bicyclic) bond motifs is 1. The largest absolute Gasteiger partial charge is 0.454 e. The molecule has 0 unspecified atom stereocenters. The van der Waals surface area contributed by atoms with Crippen LogP contribution in [-0.2, 0) is 9.53 Å². The Labute approximate surface area is 141 Å². The van der Waals surface area contributed by atoms with Gasteiger partial charge >= 0.3 is 5.97 Å². The van der Waals surface area contributed by atoms with Crippen LogP contribution in [0.5, 0.6) is 11.5 Å². The highest BCUT2D eigenvalue weighted by molar-refractivity contribution is 5.93. The van der Waals surface area contributed by atoms with E-state index >= 15 is 0 Å². The molecule has 0 saturated heterocycles. The van der Waals surface area contributed by atoms with Crippen molar-refractivity contribution < 1.29 is 23.8 Å². The number of carbonyl (C=O) groups is 2. The molecule has 6 nitrogen and oxygen atoms in total. The van der Waals surface area contributed by atoms with Crippen LogP contribution in [0, 0.1) is 0 Å². The first-order valence-electron chi connectivity index (χ1n) is 8.43. The van der Waals surface area contributed by atoms with E-state index in [0.29, 0.717) is 17.1 Å². The molecule has 1 fully saturated rings. The average molecular weight is 333 g/mol. The van der Waals surface area contributed by atoms with Crippen LogP contribution in [-0.4, -0.2) is 42.8 Å². The average Bonchev–Trinajstić information content (AvgIpc) is 3.08. The second kappa shape index (κ2) is 7.11. The maximum atomic E-state index is 12.5. The minimum atomic E-state index is -0.810. The van der Waals surface area contributed by atoms with Gasteiger partial charge in [-0.1, -0.05) is 19.3 Å². The van der Waals surface area contributed by atoms with Crippen molar-refractivity contribution >= 4 is 11.9 Å². The van der Waals surface area contributed by atoms with Gasteiger partial charge in [-0.25, -0.2) is 4.79 Å². The first-order valence-corrected chi connectivity index (χ1v) is 8.43. The van der Waals surface area contributed by atoms with Crippen molar-refractivity contribution in [1.82, 2.24) is 4.90 Å². The van der Waals surface area contributed by atoms with Gasteiger partial charge < -0.3 is 19.1 Å². The fourth-order valence-electron chi connectivity index (χ4n) is 3.24. The Hall–Kier alpha value is -2.24. The lowest BCUT2D eigenvalue weighted by Crippen LogP contribution is -2.44. The number of esters is 1. The van der Waals surface area contributed by atoms with Crippen LogP contribution in [0.4, 0.5) is 0 Å². The Morgan fingerprint density at radius 3 is 2.62 bits per heavy atom. The van der Waals surface area contributed by atoms with Gasteiger partial charge in [0.1, 0.15) is 0 Å². The van der Waals surface area contributed by atoms with E-state index in [9.17, 15) is 9.59 Å². The highest BCUT2D eigenvalue weighted by Crippen LogP contribution is 2.32. The molecule has 0 N–H and O–H groups in total. The quantitative estimate of drug-likeness (QED) is 0.793. The Kier molecular flexibility index (Phi) is 4.92. The van der Waals surface area contributed by atoms with E-state index in [1.165, 1.54) is 6.42 Å². The zero-order valence-electron chi connectivity index (χ0n) is 14.1. The van der Waals surface area contributed by atoms with Crippen LogP contribution < -0.4 is 9.47 Å². The zero-order valence-corrected chi connectivity index (χ0v) is 14.1. The third-order valence-electron chi connectivity index (χ3n) is 4.71. The van der Waals surface area contributed by atoms with Crippen LogP contribution in [0.3, 0.4) is 0 Å². The van der Waals surface area contributed by atoms with Crippen molar-refractivity contribution in [2.24, 2.45) is 0 Å². The summed E-state index contributed by atoms with van der Waals surface area (Å²) in [6.07, 6.45) is 4.75. The highest BCUT2D eigenvalue weighted by atomic mass is 16.7. The molecule has 1 aliphatic carbocycles. The van der Waals surface area contributed by atoms with Crippen molar-refractivity contribution in [3.8, 4) is 11.5 Å². The summed E-state index contributed by atoms with van der Waals surface area (Å²) < 4.78 is 15.8. The van der Waals surface area contributed by atoms with E-state index in [4.69, 9.17) is 14.2 Å². The molecule has 3 rings (SSSR count). The molecule has 1 saturated carbocycles. The Bertz CT molecular complexity index is 624. The molecular weight excluding hydrogens is 310 g/mol. The number of hydrogen-bond acceptors (Lipinski definition) is 5. The molecule has 0 bridgehead atoms. The van der Waals surface area contributed by atoms with Crippen LogP contribution in [0.2, 0.25) is 0 Å². The number of ether oxygens (including phenoxy) is 3. The lowest BCUT2D eigenvalue weighted by atomic mass is 9.94. The van der Waals surface area contributed by atoms with Crippen LogP contribution >= 0.6 is 0 Å². The molecule has 0 radical (unpaired) electrons. The van der Waals surface area contributed by atoms with E-state index in [2.05, 4.69) is 0 Å².